The van der Waals surface area contributed by atoms with Crippen molar-refractivity contribution >= 4 is 29.8 Å². The van der Waals surface area contributed by atoms with Gasteiger partial charge in [0, 0.05) is 13.8 Å². The molecule has 0 radical (unpaired) electrons. The summed E-state index contributed by atoms with van der Waals surface area (Å²) in [7, 11) is 1.20. The number of carbonyl (C=O) groups is 4. The molecule has 0 aliphatic rings. The average molecular weight is 334 g/mol. The van der Waals surface area contributed by atoms with Crippen molar-refractivity contribution in [2.24, 2.45) is 0 Å². The van der Waals surface area contributed by atoms with E-state index in [2.05, 4.69) is 15.4 Å². The Balaban J connectivity index is 2.91. The van der Waals surface area contributed by atoms with Crippen molar-refractivity contribution in [2.75, 3.05) is 13.7 Å². The highest BCUT2D eigenvalue weighted by molar-refractivity contribution is 6.01. The highest BCUT2D eigenvalue weighted by Crippen LogP contribution is 2.14. The number of amides is 2. The van der Waals surface area contributed by atoms with Crippen molar-refractivity contribution in [2.45, 2.75) is 13.8 Å². The van der Waals surface area contributed by atoms with E-state index in [0.717, 1.165) is 0 Å². The predicted molar refractivity (Wildman–Crippen MR) is 84.6 cm³/mol. The third-order valence-corrected chi connectivity index (χ3v) is 2.63. The fourth-order valence-corrected chi connectivity index (χ4v) is 1.63. The van der Waals surface area contributed by atoms with Crippen LogP contribution in [0.2, 0.25) is 0 Å². The van der Waals surface area contributed by atoms with Crippen molar-refractivity contribution in [3.63, 3.8) is 0 Å². The number of methoxy groups -OCH3 is 1. The van der Waals surface area contributed by atoms with Crippen molar-refractivity contribution in [3.05, 3.63) is 35.5 Å². The van der Waals surface area contributed by atoms with Gasteiger partial charge in [-0.05, 0) is 23.8 Å². The molecule has 0 bridgehead atoms. The smallest absolute Gasteiger partial charge is 0.325 e. The van der Waals surface area contributed by atoms with Gasteiger partial charge < -0.3 is 20.1 Å². The Morgan fingerprint density at radius 2 is 1.71 bits per heavy atom. The number of hydrogen-bond donors (Lipinski definition) is 2. The lowest BCUT2D eigenvalue weighted by Gasteiger charge is -2.09. The predicted octanol–water partition coefficient (Wildman–Crippen LogP) is 0.378. The first kappa shape index (κ1) is 18.9. The van der Waals surface area contributed by atoms with Crippen molar-refractivity contribution in [3.8, 4) is 5.75 Å². The molecule has 128 valence electrons. The molecular weight excluding hydrogens is 316 g/mol. The Morgan fingerprint density at radius 3 is 2.21 bits per heavy atom. The van der Waals surface area contributed by atoms with E-state index in [-0.39, 0.29) is 12.2 Å². The minimum absolute atomic E-state index is 0.0355. The van der Waals surface area contributed by atoms with Gasteiger partial charge in [-0.3, -0.25) is 19.2 Å². The van der Waals surface area contributed by atoms with Crippen molar-refractivity contribution in [1.29, 1.82) is 0 Å². The fraction of sp³-hybridized carbons (Fsp3) is 0.250. The molecule has 0 saturated heterocycles. The van der Waals surface area contributed by atoms with Gasteiger partial charge in [-0.25, -0.2) is 0 Å². The van der Waals surface area contributed by atoms with E-state index in [4.69, 9.17) is 4.74 Å². The number of nitrogens with one attached hydrogen (secondary N) is 2. The van der Waals surface area contributed by atoms with E-state index in [1.807, 2.05) is 0 Å². The molecule has 8 nitrogen and oxygen atoms in total. The molecule has 1 rings (SSSR count). The molecule has 0 heterocycles. The molecule has 0 unspecified atom stereocenters. The summed E-state index contributed by atoms with van der Waals surface area (Å²) in [6, 6.07) is 6.30. The number of carbonyl (C=O) groups excluding carboxylic acids is 4. The van der Waals surface area contributed by atoms with E-state index in [9.17, 15) is 19.2 Å². The maximum absolute atomic E-state index is 12.0. The standard InChI is InChI=1S/C16H18N2O6/c1-10(19)18-14(16(22)17-9-15(21)23-3)8-12-4-6-13(7-5-12)24-11(2)20/h4-8H,9H2,1-3H3,(H,17,22)(H,18,19)/b14-8-. The van der Waals surface area contributed by atoms with Crippen LogP contribution >= 0.6 is 0 Å². The van der Waals surface area contributed by atoms with Gasteiger partial charge in [0.05, 0.1) is 7.11 Å². The lowest BCUT2D eigenvalue weighted by Crippen LogP contribution is -2.36. The van der Waals surface area contributed by atoms with Crippen LogP contribution < -0.4 is 15.4 Å². The van der Waals surface area contributed by atoms with Crippen LogP contribution in [-0.2, 0) is 23.9 Å². The van der Waals surface area contributed by atoms with E-state index < -0.39 is 23.8 Å². The summed E-state index contributed by atoms with van der Waals surface area (Å²) in [5.41, 5.74) is 0.550. The van der Waals surface area contributed by atoms with Crippen LogP contribution in [0.3, 0.4) is 0 Å². The second-order valence-corrected chi connectivity index (χ2v) is 4.66. The maximum Gasteiger partial charge on any atom is 0.325 e. The number of ether oxygens (including phenoxy) is 2. The van der Waals surface area contributed by atoms with Crippen LogP contribution in [0.5, 0.6) is 5.75 Å². The van der Waals surface area contributed by atoms with E-state index in [1.54, 1.807) is 24.3 Å². The Morgan fingerprint density at radius 1 is 1.08 bits per heavy atom. The summed E-state index contributed by atoms with van der Waals surface area (Å²) in [4.78, 5) is 45.2. The third kappa shape index (κ3) is 6.73. The molecular formula is C16H18N2O6. The first-order valence-corrected chi connectivity index (χ1v) is 6.94. The normalized spacial score (nSPS) is 10.5. The largest absolute Gasteiger partial charge is 0.468 e. The van der Waals surface area contributed by atoms with Gasteiger partial charge in [0.1, 0.15) is 18.0 Å². The third-order valence-electron chi connectivity index (χ3n) is 2.63. The first-order chi connectivity index (χ1) is 11.3. The number of benzene rings is 1. The van der Waals surface area contributed by atoms with E-state index >= 15 is 0 Å². The van der Waals surface area contributed by atoms with Gasteiger partial charge in [0.2, 0.25) is 5.91 Å². The molecule has 8 heteroatoms. The molecule has 0 atom stereocenters. The molecule has 2 N–H and O–H groups in total. The summed E-state index contributed by atoms with van der Waals surface area (Å²) < 4.78 is 9.33. The minimum atomic E-state index is -0.639. The summed E-state index contributed by atoms with van der Waals surface area (Å²) in [6.07, 6.45) is 1.42. The summed E-state index contributed by atoms with van der Waals surface area (Å²) in [5, 5.41) is 4.72. The lowest BCUT2D eigenvalue weighted by molar-refractivity contribution is -0.140. The van der Waals surface area contributed by atoms with Crippen molar-refractivity contribution in [1.82, 2.24) is 10.6 Å². The van der Waals surface area contributed by atoms with Gasteiger partial charge in [-0.15, -0.1) is 0 Å². The van der Waals surface area contributed by atoms with Crippen molar-refractivity contribution < 1.29 is 28.7 Å². The second kappa shape index (κ2) is 9.09. The summed E-state index contributed by atoms with van der Waals surface area (Å²) in [5.74, 6) is -1.78. The topological polar surface area (TPSA) is 111 Å². The summed E-state index contributed by atoms with van der Waals surface area (Å²) in [6.45, 7) is 2.22. The van der Waals surface area contributed by atoms with Crippen LogP contribution in [0.4, 0.5) is 0 Å². The van der Waals surface area contributed by atoms with E-state index in [0.29, 0.717) is 11.3 Å². The van der Waals surface area contributed by atoms with Gasteiger partial charge >= 0.3 is 11.9 Å². The zero-order valence-electron chi connectivity index (χ0n) is 13.5. The van der Waals surface area contributed by atoms with Gasteiger partial charge in [-0.2, -0.15) is 0 Å². The molecule has 0 saturated carbocycles. The number of esters is 2. The van der Waals surface area contributed by atoms with Crippen LogP contribution in [0.25, 0.3) is 6.08 Å². The lowest BCUT2D eigenvalue weighted by atomic mass is 10.1. The highest BCUT2D eigenvalue weighted by atomic mass is 16.5. The Kier molecular flexibility index (Phi) is 7.15. The van der Waals surface area contributed by atoms with E-state index in [1.165, 1.54) is 27.0 Å². The number of rotatable bonds is 6. The molecule has 1 aromatic carbocycles. The Labute approximate surface area is 138 Å². The van der Waals surface area contributed by atoms with Gasteiger partial charge in [0.15, 0.2) is 0 Å². The highest BCUT2D eigenvalue weighted by Gasteiger charge is 2.12. The quantitative estimate of drug-likeness (QED) is 0.442. The SMILES string of the molecule is COC(=O)CNC(=O)/C(=C/c1ccc(OC(C)=O)cc1)NC(C)=O. The van der Waals surface area contributed by atoms with Gasteiger partial charge in [-0.1, -0.05) is 12.1 Å². The number of hydrogen-bond acceptors (Lipinski definition) is 6. The molecule has 1 aromatic rings. The monoisotopic (exact) mass is 334 g/mol. The molecule has 2 amide bonds. The minimum Gasteiger partial charge on any atom is -0.468 e. The second-order valence-electron chi connectivity index (χ2n) is 4.66. The molecule has 0 spiro atoms. The van der Waals surface area contributed by atoms with Crippen LogP contribution in [0, 0.1) is 0 Å². The summed E-state index contributed by atoms with van der Waals surface area (Å²) >= 11 is 0. The van der Waals surface area contributed by atoms with Gasteiger partial charge in [0.25, 0.3) is 5.91 Å². The maximum atomic E-state index is 12.0. The fourth-order valence-electron chi connectivity index (χ4n) is 1.63. The molecule has 24 heavy (non-hydrogen) atoms. The molecule has 0 aromatic heterocycles. The zero-order chi connectivity index (χ0) is 18.1. The zero-order valence-corrected chi connectivity index (χ0v) is 13.5. The Hall–Kier alpha value is -3.16. The van der Waals surface area contributed by atoms with Crippen LogP contribution in [-0.4, -0.2) is 37.4 Å². The van der Waals surface area contributed by atoms with Crippen LogP contribution in [0.15, 0.2) is 30.0 Å². The Bertz CT molecular complexity index is 664. The average Bonchev–Trinajstić information content (AvgIpc) is 2.52. The van der Waals surface area contributed by atoms with Crippen LogP contribution in [0.1, 0.15) is 19.4 Å². The first-order valence-electron chi connectivity index (χ1n) is 6.94. The molecule has 0 aliphatic carbocycles. The molecule has 0 fully saturated rings. The molecule has 0 aliphatic heterocycles.